The van der Waals surface area contributed by atoms with Crippen LogP contribution in [0.5, 0.6) is 5.75 Å². The predicted molar refractivity (Wildman–Crippen MR) is 135 cm³/mol. The standard InChI is InChI=1S/C29H36O4/c1-3-4-6-23-8-12-25(13-9-23)27-19-28(21-29(30)20-27)26-14-10-24(11-15-26)7-5-16-32-22-33-18-17-31-2/h8-15,19-21,30H,3-7,16-18,22H2,1-2H3. The van der Waals surface area contributed by atoms with Gasteiger partial charge in [0.15, 0.2) is 0 Å². The van der Waals surface area contributed by atoms with Crippen LogP contribution in [0.15, 0.2) is 66.7 Å². The van der Waals surface area contributed by atoms with Gasteiger partial charge in [0.1, 0.15) is 12.5 Å². The van der Waals surface area contributed by atoms with Crippen LogP contribution < -0.4 is 0 Å². The van der Waals surface area contributed by atoms with Crippen molar-refractivity contribution in [1.82, 2.24) is 0 Å². The van der Waals surface area contributed by atoms with Crippen LogP contribution in [0.2, 0.25) is 0 Å². The molecule has 0 unspecified atom stereocenters. The molecule has 0 radical (unpaired) electrons. The van der Waals surface area contributed by atoms with Gasteiger partial charge in [0.05, 0.1) is 13.2 Å². The second-order valence-corrected chi connectivity index (χ2v) is 8.30. The maximum absolute atomic E-state index is 10.3. The molecule has 0 atom stereocenters. The molecule has 0 saturated heterocycles. The second-order valence-electron chi connectivity index (χ2n) is 8.30. The molecule has 0 aliphatic heterocycles. The zero-order chi connectivity index (χ0) is 23.3. The molecule has 0 aromatic heterocycles. The van der Waals surface area contributed by atoms with Gasteiger partial charge in [-0.3, -0.25) is 0 Å². The van der Waals surface area contributed by atoms with Crippen LogP contribution in [0.4, 0.5) is 0 Å². The van der Waals surface area contributed by atoms with Crippen molar-refractivity contribution in [3.05, 3.63) is 77.9 Å². The Morgan fingerprint density at radius 3 is 1.73 bits per heavy atom. The fourth-order valence-corrected chi connectivity index (χ4v) is 3.75. The van der Waals surface area contributed by atoms with E-state index in [1.165, 1.54) is 24.0 Å². The number of phenols is 1. The summed E-state index contributed by atoms with van der Waals surface area (Å²) in [5.41, 5.74) is 6.89. The summed E-state index contributed by atoms with van der Waals surface area (Å²) in [5.74, 6) is 0.284. The minimum Gasteiger partial charge on any atom is -0.508 e. The Kier molecular flexibility index (Phi) is 10.4. The predicted octanol–water partition coefficient (Wildman–Crippen LogP) is 6.64. The summed E-state index contributed by atoms with van der Waals surface area (Å²) in [6.07, 6.45) is 5.42. The molecule has 3 aromatic carbocycles. The highest BCUT2D eigenvalue weighted by Crippen LogP contribution is 2.31. The molecule has 0 saturated carbocycles. The van der Waals surface area contributed by atoms with Crippen molar-refractivity contribution >= 4 is 0 Å². The number of aryl methyl sites for hydroxylation is 2. The number of ether oxygens (including phenoxy) is 3. The largest absolute Gasteiger partial charge is 0.508 e. The van der Waals surface area contributed by atoms with Crippen molar-refractivity contribution in [2.75, 3.05) is 33.7 Å². The summed E-state index contributed by atoms with van der Waals surface area (Å²) in [7, 11) is 1.65. The summed E-state index contributed by atoms with van der Waals surface area (Å²) in [6.45, 7) is 4.33. The highest BCUT2D eigenvalue weighted by Gasteiger charge is 2.06. The van der Waals surface area contributed by atoms with Crippen LogP contribution in [0.1, 0.15) is 37.3 Å². The molecule has 3 rings (SSSR count). The first-order valence-corrected chi connectivity index (χ1v) is 11.9. The lowest BCUT2D eigenvalue weighted by Crippen LogP contribution is -2.06. The van der Waals surface area contributed by atoms with Crippen LogP contribution >= 0.6 is 0 Å². The van der Waals surface area contributed by atoms with E-state index in [2.05, 4.69) is 61.5 Å². The van der Waals surface area contributed by atoms with Gasteiger partial charge in [0.25, 0.3) is 0 Å². The lowest BCUT2D eigenvalue weighted by atomic mass is 9.96. The van der Waals surface area contributed by atoms with Crippen LogP contribution in [0, 0.1) is 0 Å². The van der Waals surface area contributed by atoms with Crippen molar-refractivity contribution in [2.45, 2.75) is 39.0 Å². The summed E-state index contributed by atoms with van der Waals surface area (Å²) in [4.78, 5) is 0. The minimum atomic E-state index is 0.284. The number of aromatic hydroxyl groups is 1. The molecule has 0 spiro atoms. The molecular formula is C29H36O4. The van der Waals surface area contributed by atoms with E-state index in [1.807, 2.05) is 12.1 Å². The molecule has 3 aromatic rings. The van der Waals surface area contributed by atoms with Gasteiger partial charge >= 0.3 is 0 Å². The number of rotatable bonds is 14. The minimum absolute atomic E-state index is 0.284. The third-order valence-corrected chi connectivity index (χ3v) is 5.66. The average Bonchev–Trinajstić information content (AvgIpc) is 2.84. The van der Waals surface area contributed by atoms with Gasteiger partial charge in [-0.15, -0.1) is 0 Å². The van der Waals surface area contributed by atoms with E-state index >= 15 is 0 Å². The number of hydrogen-bond acceptors (Lipinski definition) is 4. The van der Waals surface area contributed by atoms with Crippen LogP contribution in [0.25, 0.3) is 22.3 Å². The molecule has 4 nitrogen and oxygen atoms in total. The third-order valence-electron chi connectivity index (χ3n) is 5.66. The molecular weight excluding hydrogens is 412 g/mol. The van der Waals surface area contributed by atoms with Gasteiger partial charge in [-0.1, -0.05) is 61.9 Å². The Bertz CT molecular complexity index is 948. The van der Waals surface area contributed by atoms with Crippen LogP contribution in [-0.4, -0.2) is 38.8 Å². The Morgan fingerprint density at radius 1 is 0.636 bits per heavy atom. The fraction of sp³-hybridized carbons (Fsp3) is 0.379. The van der Waals surface area contributed by atoms with E-state index < -0.39 is 0 Å². The first-order valence-electron chi connectivity index (χ1n) is 11.9. The van der Waals surface area contributed by atoms with Gasteiger partial charge < -0.3 is 19.3 Å². The maximum Gasteiger partial charge on any atom is 0.146 e. The van der Waals surface area contributed by atoms with Crippen molar-refractivity contribution in [2.24, 2.45) is 0 Å². The van der Waals surface area contributed by atoms with Crippen LogP contribution in [0.3, 0.4) is 0 Å². The Labute approximate surface area is 198 Å². The molecule has 1 N–H and O–H groups in total. The molecule has 0 amide bonds. The Balaban J connectivity index is 1.57. The number of unbranched alkanes of at least 4 members (excludes halogenated alkanes) is 1. The first kappa shape index (κ1) is 25.0. The van der Waals surface area contributed by atoms with Gasteiger partial charge in [0, 0.05) is 13.7 Å². The number of phenolic OH excluding ortho intramolecular Hbond substituents is 1. The molecule has 0 fully saturated rings. The molecule has 0 heterocycles. The van der Waals surface area contributed by atoms with Crippen LogP contribution in [-0.2, 0) is 27.1 Å². The Hall–Kier alpha value is -2.66. The second kappa shape index (κ2) is 13.8. The van der Waals surface area contributed by atoms with Crippen molar-refractivity contribution in [3.63, 3.8) is 0 Å². The maximum atomic E-state index is 10.3. The number of methoxy groups -OCH3 is 1. The van der Waals surface area contributed by atoms with Gasteiger partial charge in [-0.2, -0.15) is 0 Å². The average molecular weight is 449 g/mol. The number of benzene rings is 3. The van der Waals surface area contributed by atoms with E-state index in [4.69, 9.17) is 14.2 Å². The smallest absolute Gasteiger partial charge is 0.146 e. The van der Waals surface area contributed by atoms with Gasteiger partial charge in [-0.25, -0.2) is 0 Å². The SMILES string of the molecule is CCCCc1ccc(-c2cc(O)cc(-c3ccc(CCCOCOCCOC)cc3)c2)cc1. The van der Waals surface area contributed by atoms with E-state index in [0.29, 0.717) is 26.6 Å². The summed E-state index contributed by atoms with van der Waals surface area (Å²) < 4.78 is 15.7. The molecule has 4 heteroatoms. The van der Waals surface area contributed by atoms with Gasteiger partial charge in [0.2, 0.25) is 0 Å². The van der Waals surface area contributed by atoms with Crippen molar-refractivity contribution in [3.8, 4) is 28.0 Å². The Morgan fingerprint density at radius 2 is 1.18 bits per heavy atom. The molecule has 33 heavy (non-hydrogen) atoms. The first-order chi connectivity index (χ1) is 16.2. The zero-order valence-electron chi connectivity index (χ0n) is 19.9. The van der Waals surface area contributed by atoms with E-state index in [1.54, 1.807) is 7.11 Å². The quantitative estimate of drug-likeness (QED) is 0.222. The lowest BCUT2D eigenvalue weighted by molar-refractivity contribution is -0.0660. The van der Waals surface area contributed by atoms with E-state index in [0.717, 1.165) is 41.5 Å². The molecule has 0 bridgehead atoms. The molecule has 0 aliphatic rings. The highest BCUT2D eigenvalue weighted by molar-refractivity contribution is 5.75. The molecule has 0 aliphatic carbocycles. The van der Waals surface area contributed by atoms with Crippen molar-refractivity contribution < 1.29 is 19.3 Å². The zero-order valence-corrected chi connectivity index (χ0v) is 19.9. The van der Waals surface area contributed by atoms with E-state index in [9.17, 15) is 5.11 Å². The lowest BCUT2D eigenvalue weighted by Gasteiger charge is -2.10. The monoisotopic (exact) mass is 448 g/mol. The highest BCUT2D eigenvalue weighted by atomic mass is 16.7. The van der Waals surface area contributed by atoms with Crippen molar-refractivity contribution in [1.29, 1.82) is 0 Å². The summed E-state index contributed by atoms with van der Waals surface area (Å²) in [6, 6.07) is 23.0. The van der Waals surface area contributed by atoms with E-state index in [-0.39, 0.29) is 5.75 Å². The third kappa shape index (κ3) is 8.32. The topological polar surface area (TPSA) is 47.9 Å². The normalized spacial score (nSPS) is 11.1. The fourth-order valence-electron chi connectivity index (χ4n) is 3.75. The molecule has 176 valence electrons. The van der Waals surface area contributed by atoms with Gasteiger partial charge in [-0.05, 0) is 77.3 Å². The summed E-state index contributed by atoms with van der Waals surface area (Å²) >= 11 is 0. The summed E-state index contributed by atoms with van der Waals surface area (Å²) in [5, 5.41) is 10.3. The number of hydrogen-bond donors (Lipinski definition) is 1.